The van der Waals surface area contributed by atoms with E-state index in [4.69, 9.17) is 0 Å². The van der Waals surface area contributed by atoms with E-state index in [1.54, 1.807) is 0 Å². The average molecular weight is 493 g/mol. The Labute approximate surface area is 210 Å². The molecule has 35 heavy (non-hydrogen) atoms. The highest BCUT2D eigenvalue weighted by Gasteiger charge is 2.70. The molecule has 0 aromatic heterocycles. The lowest BCUT2D eigenvalue weighted by molar-refractivity contribution is -0.257. The molecule has 6 N–H and O–H groups in total. The molecule has 10 atom stereocenters. The van der Waals surface area contributed by atoms with Crippen LogP contribution in [0.2, 0.25) is 0 Å². The van der Waals surface area contributed by atoms with Gasteiger partial charge in [0.2, 0.25) is 0 Å². The summed E-state index contributed by atoms with van der Waals surface area (Å²) in [5.41, 5.74) is -1.11. The van der Waals surface area contributed by atoms with Crippen LogP contribution < -0.4 is 0 Å². The number of allylic oxidation sites excluding steroid dienone is 1. The van der Waals surface area contributed by atoms with Crippen LogP contribution in [0.3, 0.4) is 0 Å². The van der Waals surface area contributed by atoms with Gasteiger partial charge in [-0.25, -0.2) is 0 Å². The summed E-state index contributed by atoms with van der Waals surface area (Å²) in [6.07, 6.45) is 5.40. The van der Waals surface area contributed by atoms with Crippen LogP contribution in [-0.4, -0.2) is 68.3 Å². The van der Waals surface area contributed by atoms with Gasteiger partial charge < -0.3 is 30.6 Å². The lowest BCUT2D eigenvalue weighted by Gasteiger charge is -2.71. The van der Waals surface area contributed by atoms with Gasteiger partial charge in [0.25, 0.3) is 0 Å². The second-order valence-electron chi connectivity index (χ2n) is 14.7. The van der Waals surface area contributed by atoms with E-state index >= 15 is 0 Å². The highest BCUT2D eigenvalue weighted by Crippen LogP contribution is 2.74. The fourth-order valence-corrected chi connectivity index (χ4v) is 10.7. The number of fused-ring (bicyclic) bond motifs is 5. The average Bonchev–Trinajstić information content (AvgIpc) is 3.03. The zero-order valence-corrected chi connectivity index (χ0v) is 22.3. The molecule has 200 valence electrons. The highest BCUT2D eigenvalue weighted by molar-refractivity contribution is 5.35. The van der Waals surface area contributed by atoms with Gasteiger partial charge in [0.15, 0.2) is 0 Å². The Bertz CT molecular complexity index is 896. The number of aliphatic hydroxyl groups excluding tert-OH is 6. The monoisotopic (exact) mass is 492 g/mol. The molecule has 0 amide bonds. The van der Waals surface area contributed by atoms with E-state index in [0.717, 1.165) is 44.1 Å². The van der Waals surface area contributed by atoms with E-state index in [9.17, 15) is 30.6 Å². The van der Waals surface area contributed by atoms with Crippen LogP contribution >= 0.6 is 0 Å². The molecule has 6 nitrogen and oxygen atoms in total. The first-order valence-corrected chi connectivity index (χ1v) is 13.8. The van der Waals surface area contributed by atoms with Gasteiger partial charge in [-0.1, -0.05) is 40.7 Å². The molecule has 5 rings (SSSR count). The molecule has 4 fully saturated rings. The fraction of sp³-hybridized carbons (Fsp3) is 0.931. The van der Waals surface area contributed by atoms with E-state index in [0.29, 0.717) is 12.8 Å². The van der Waals surface area contributed by atoms with Crippen molar-refractivity contribution < 1.29 is 30.6 Å². The van der Waals surface area contributed by atoms with Crippen LogP contribution in [0.25, 0.3) is 0 Å². The van der Waals surface area contributed by atoms with Crippen molar-refractivity contribution in [2.75, 3.05) is 13.2 Å². The van der Waals surface area contributed by atoms with Crippen molar-refractivity contribution in [1.82, 2.24) is 0 Å². The highest BCUT2D eigenvalue weighted by atomic mass is 16.3. The van der Waals surface area contributed by atoms with E-state index in [1.807, 2.05) is 0 Å². The second-order valence-corrected chi connectivity index (χ2v) is 14.7. The molecule has 0 radical (unpaired) electrons. The first-order chi connectivity index (χ1) is 16.2. The summed E-state index contributed by atoms with van der Waals surface area (Å²) in [6, 6.07) is 0. The Morgan fingerprint density at radius 2 is 1.51 bits per heavy atom. The lowest BCUT2D eigenvalue weighted by atomic mass is 9.34. The van der Waals surface area contributed by atoms with Crippen molar-refractivity contribution in [2.45, 2.75) is 110 Å². The molecule has 5 aliphatic rings. The van der Waals surface area contributed by atoms with Gasteiger partial charge in [0, 0.05) is 10.8 Å². The Kier molecular flexibility index (Phi) is 5.80. The number of rotatable bonds is 2. The summed E-state index contributed by atoms with van der Waals surface area (Å²) in [5, 5.41) is 65.3. The minimum atomic E-state index is -1.14. The predicted molar refractivity (Wildman–Crippen MR) is 133 cm³/mol. The van der Waals surface area contributed by atoms with Gasteiger partial charge in [0.1, 0.15) is 0 Å². The molecular formula is C29H48O6. The first kappa shape index (κ1) is 26.1. The van der Waals surface area contributed by atoms with Crippen molar-refractivity contribution in [3.63, 3.8) is 0 Å². The Morgan fingerprint density at radius 3 is 2.09 bits per heavy atom. The Morgan fingerprint density at radius 1 is 0.857 bits per heavy atom. The molecule has 0 heterocycles. The third kappa shape index (κ3) is 3.04. The smallest absolute Gasteiger partial charge is 0.0902 e. The van der Waals surface area contributed by atoms with Crippen molar-refractivity contribution >= 4 is 0 Å². The molecule has 0 bridgehead atoms. The van der Waals surface area contributed by atoms with Crippen molar-refractivity contribution in [1.29, 1.82) is 0 Å². The maximum atomic E-state index is 11.9. The van der Waals surface area contributed by atoms with Gasteiger partial charge in [-0.05, 0) is 90.4 Å². The number of hydrogen-bond acceptors (Lipinski definition) is 6. The SMILES string of the molecule is CC1(C)C[C@@]2(CC[C@]3(C)C(=CCC4[C@@]5(C)C[C@@H](O)[C@@H](O)C(CO)(CO)C5CC[C@]43C)C2O)CC1O. The normalized spacial score (nSPS) is 54.5. The van der Waals surface area contributed by atoms with E-state index < -0.39 is 29.8 Å². The standard InChI is InChI=1S/C29H48O6/c1-24(2)14-28(13-21(24)33)11-10-26(4)17(22(28)34)6-7-19-25(3)12-18(32)23(35)29(15-30,16-31)20(25)8-9-27(19,26)5/h6,18-23,30-35H,7-16H2,1-5H3/t18-,19?,20?,21?,22?,23-,25-,26-,27-,28-/m1/s1. The second kappa shape index (κ2) is 7.77. The molecule has 1 spiro atoms. The molecule has 0 aromatic rings. The molecular weight excluding hydrogens is 444 g/mol. The third-order valence-electron chi connectivity index (χ3n) is 13.0. The summed E-state index contributed by atoms with van der Waals surface area (Å²) in [4.78, 5) is 0. The molecule has 0 aromatic carbocycles. The molecule has 0 aliphatic heterocycles. The van der Waals surface area contributed by atoms with E-state index in [1.165, 1.54) is 0 Å². The molecule has 4 unspecified atom stereocenters. The molecule has 0 saturated heterocycles. The molecule has 6 heteroatoms. The lowest BCUT2D eigenvalue weighted by Crippen LogP contribution is -2.69. The van der Waals surface area contributed by atoms with Crippen molar-refractivity contribution in [2.24, 2.45) is 44.3 Å². The third-order valence-corrected chi connectivity index (χ3v) is 13.0. The predicted octanol–water partition coefficient (Wildman–Crippen LogP) is 2.78. The fourth-order valence-electron chi connectivity index (χ4n) is 10.7. The summed E-state index contributed by atoms with van der Waals surface area (Å²) >= 11 is 0. The van der Waals surface area contributed by atoms with Crippen LogP contribution in [0.1, 0.15) is 86.0 Å². The maximum Gasteiger partial charge on any atom is 0.0902 e. The summed E-state index contributed by atoms with van der Waals surface area (Å²) in [7, 11) is 0. The van der Waals surface area contributed by atoms with Crippen LogP contribution in [0.5, 0.6) is 0 Å². The van der Waals surface area contributed by atoms with E-state index in [2.05, 4.69) is 40.7 Å². The quantitative estimate of drug-likeness (QED) is 0.330. The van der Waals surface area contributed by atoms with Crippen molar-refractivity contribution in [3.8, 4) is 0 Å². The Hall–Kier alpha value is -0.500. The van der Waals surface area contributed by atoms with Crippen LogP contribution in [0.4, 0.5) is 0 Å². The zero-order valence-electron chi connectivity index (χ0n) is 22.3. The van der Waals surface area contributed by atoms with Gasteiger partial charge in [0.05, 0.1) is 37.6 Å². The summed E-state index contributed by atoms with van der Waals surface area (Å²) < 4.78 is 0. The number of aliphatic hydroxyl groups is 6. The zero-order chi connectivity index (χ0) is 25.8. The molecule has 4 saturated carbocycles. The maximum absolute atomic E-state index is 11.9. The van der Waals surface area contributed by atoms with Gasteiger partial charge in [-0.15, -0.1) is 0 Å². The number of hydrogen-bond donors (Lipinski definition) is 6. The van der Waals surface area contributed by atoms with Crippen LogP contribution in [0, 0.1) is 44.3 Å². The minimum absolute atomic E-state index is 0.0920. The van der Waals surface area contributed by atoms with Crippen molar-refractivity contribution in [3.05, 3.63) is 11.6 Å². The van der Waals surface area contributed by atoms with Crippen LogP contribution in [-0.2, 0) is 0 Å². The largest absolute Gasteiger partial charge is 0.396 e. The topological polar surface area (TPSA) is 121 Å². The Balaban J connectivity index is 1.56. The molecule has 5 aliphatic carbocycles. The summed E-state index contributed by atoms with van der Waals surface area (Å²) in [6.45, 7) is 10.4. The van der Waals surface area contributed by atoms with Gasteiger partial charge in [-0.3, -0.25) is 0 Å². The first-order valence-electron chi connectivity index (χ1n) is 13.8. The summed E-state index contributed by atoms with van der Waals surface area (Å²) in [5.74, 6) is 0.111. The minimum Gasteiger partial charge on any atom is -0.396 e. The van der Waals surface area contributed by atoms with E-state index in [-0.39, 0.29) is 52.1 Å². The van der Waals surface area contributed by atoms with Gasteiger partial charge in [-0.2, -0.15) is 0 Å². The van der Waals surface area contributed by atoms with Gasteiger partial charge >= 0.3 is 0 Å². The van der Waals surface area contributed by atoms with Crippen LogP contribution in [0.15, 0.2) is 11.6 Å².